The number of benzene rings is 1. The van der Waals surface area contributed by atoms with Gasteiger partial charge < -0.3 is 15.4 Å². The molecule has 0 aromatic heterocycles. The molecule has 4 nitrogen and oxygen atoms in total. The van der Waals surface area contributed by atoms with Crippen LogP contribution in [0.1, 0.15) is 30.9 Å². The normalized spacial score (nSPS) is 14.3. The summed E-state index contributed by atoms with van der Waals surface area (Å²) in [7, 11) is 0. The first-order valence-electron chi connectivity index (χ1n) is 6.82. The first-order chi connectivity index (χ1) is 9.02. The zero-order valence-electron chi connectivity index (χ0n) is 11.9. The average molecular weight is 262 g/mol. The van der Waals surface area contributed by atoms with E-state index < -0.39 is 0 Å². The number of anilines is 1. The van der Waals surface area contributed by atoms with Crippen LogP contribution < -0.4 is 10.5 Å². The van der Waals surface area contributed by atoms with Crippen molar-refractivity contribution in [2.24, 2.45) is 0 Å². The number of hydrogen-bond donors (Lipinski definition) is 1. The van der Waals surface area contributed by atoms with Crippen molar-refractivity contribution in [2.75, 3.05) is 18.9 Å². The van der Waals surface area contributed by atoms with Crippen molar-refractivity contribution in [3.63, 3.8) is 0 Å². The van der Waals surface area contributed by atoms with Crippen LogP contribution >= 0.6 is 0 Å². The summed E-state index contributed by atoms with van der Waals surface area (Å²) < 4.78 is 5.62. The highest BCUT2D eigenvalue weighted by Gasteiger charge is 2.31. The van der Waals surface area contributed by atoms with Crippen LogP contribution in [0.2, 0.25) is 0 Å². The molecule has 0 unspecified atom stereocenters. The maximum atomic E-state index is 12.1. The zero-order valence-corrected chi connectivity index (χ0v) is 11.9. The van der Waals surface area contributed by atoms with Gasteiger partial charge in [-0.3, -0.25) is 4.79 Å². The van der Waals surface area contributed by atoms with E-state index >= 15 is 0 Å². The molecule has 0 bridgehead atoms. The minimum absolute atomic E-state index is 0.0588. The van der Waals surface area contributed by atoms with Gasteiger partial charge in [0.05, 0.1) is 0 Å². The van der Waals surface area contributed by atoms with E-state index in [0.29, 0.717) is 17.5 Å². The van der Waals surface area contributed by atoms with Crippen LogP contribution in [0.5, 0.6) is 5.75 Å². The number of rotatable bonds is 5. The number of nitrogens with two attached hydrogens (primary N) is 1. The van der Waals surface area contributed by atoms with E-state index in [-0.39, 0.29) is 12.5 Å². The number of carbonyl (C=O) groups excluding carboxylic acids is 1. The maximum absolute atomic E-state index is 12.1. The fourth-order valence-corrected chi connectivity index (χ4v) is 2.25. The highest BCUT2D eigenvalue weighted by atomic mass is 16.5. The van der Waals surface area contributed by atoms with E-state index in [0.717, 1.165) is 30.5 Å². The average Bonchev–Trinajstić information content (AvgIpc) is 3.17. The van der Waals surface area contributed by atoms with Gasteiger partial charge in [0.25, 0.3) is 5.91 Å². The Bertz CT molecular complexity index is 481. The molecule has 1 aromatic rings. The predicted octanol–water partition coefficient (Wildman–Crippen LogP) is 2.28. The molecule has 1 saturated carbocycles. The lowest BCUT2D eigenvalue weighted by atomic mass is 10.1. The van der Waals surface area contributed by atoms with Crippen molar-refractivity contribution in [1.29, 1.82) is 0 Å². The Morgan fingerprint density at radius 3 is 2.63 bits per heavy atom. The standard InChI is InChI=1S/C15H22N2O2/c1-4-17(12-5-6-12)15(18)9-19-14-8-13(16)10(2)7-11(14)3/h7-8,12H,4-6,9,16H2,1-3H3. The minimum Gasteiger partial charge on any atom is -0.483 e. The second-order valence-corrected chi connectivity index (χ2v) is 5.17. The summed E-state index contributed by atoms with van der Waals surface area (Å²) in [5, 5.41) is 0. The molecule has 2 N–H and O–H groups in total. The van der Waals surface area contributed by atoms with Crippen LogP contribution in [0.15, 0.2) is 12.1 Å². The van der Waals surface area contributed by atoms with Gasteiger partial charge in [-0.25, -0.2) is 0 Å². The second-order valence-electron chi connectivity index (χ2n) is 5.17. The number of likely N-dealkylation sites (N-methyl/N-ethyl adjacent to an activating group) is 1. The summed E-state index contributed by atoms with van der Waals surface area (Å²) in [6.45, 7) is 6.77. The van der Waals surface area contributed by atoms with E-state index in [1.54, 1.807) is 6.07 Å². The molecular weight excluding hydrogens is 240 g/mol. The lowest BCUT2D eigenvalue weighted by Crippen LogP contribution is -2.36. The monoisotopic (exact) mass is 262 g/mol. The van der Waals surface area contributed by atoms with Crippen molar-refractivity contribution >= 4 is 11.6 Å². The van der Waals surface area contributed by atoms with Gasteiger partial charge in [-0.1, -0.05) is 6.07 Å². The van der Waals surface area contributed by atoms with Crippen molar-refractivity contribution < 1.29 is 9.53 Å². The molecule has 19 heavy (non-hydrogen) atoms. The molecule has 1 aromatic carbocycles. The van der Waals surface area contributed by atoms with Gasteiger partial charge in [0.2, 0.25) is 0 Å². The number of ether oxygens (including phenoxy) is 1. The molecule has 0 atom stereocenters. The lowest BCUT2D eigenvalue weighted by Gasteiger charge is -2.21. The molecule has 1 fully saturated rings. The third kappa shape index (κ3) is 3.19. The Kier molecular flexibility index (Phi) is 3.98. The molecule has 104 valence electrons. The van der Waals surface area contributed by atoms with Crippen molar-refractivity contribution in [1.82, 2.24) is 4.90 Å². The van der Waals surface area contributed by atoms with Crippen LogP contribution in [0.25, 0.3) is 0 Å². The summed E-state index contributed by atoms with van der Waals surface area (Å²) in [5.41, 5.74) is 8.60. The van der Waals surface area contributed by atoms with Gasteiger partial charge in [0.1, 0.15) is 5.75 Å². The van der Waals surface area contributed by atoms with E-state index in [2.05, 4.69) is 0 Å². The number of nitrogen functional groups attached to an aromatic ring is 1. The predicted molar refractivity (Wildman–Crippen MR) is 76.2 cm³/mol. The summed E-state index contributed by atoms with van der Waals surface area (Å²) in [4.78, 5) is 14.0. The number of hydrogen-bond acceptors (Lipinski definition) is 3. The molecule has 4 heteroatoms. The molecule has 0 radical (unpaired) electrons. The summed E-state index contributed by atoms with van der Waals surface area (Å²) in [6, 6.07) is 4.21. The fourth-order valence-electron chi connectivity index (χ4n) is 2.25. The first-order valence-corrected chi connectivity index (χ1v) is 6.82. The summed E-state index contributed by atoms with van der Waals surface area (Å²) >= 11 is 0. The van der Waals surface area contributed by atoms with E-state index in [1.165, 1.54) is 0 Å². The van der Waals surface area contributed by atoms with Crippen LogP contribution in [0.3, 0.4) is 0 Å². The number of amides is 1. The first kappa shape index (κ1) is 13.7. The van der Waals surface area contributed by atoms with E-state index in [9.17, 15) is 4.79 Å². The molecule has 2 rings (SSSR count). The summed E-state index contributed by atoms with van der Waals surface area (Å²) in [5.74, 6) is 0.756. The Morgan fingerprint density at radius 2 is 2.05 bits per heavy atom. The smallest absolute Gasteiger partial charge is 0.260 e. The van der Waals surface area contributed by atoms with Gasteiger partial charge in [-0.2, -0.15) is 0 Å². The highest BCUT2D eigenvalue weighted by Crippen LogP contribution is 2.27. The Morgan fingerprint density at radius 1 is 1.37 bits per heavy atom. The molecule has 0 aliphatic heterocycles. The second kappa shape index (κ2) is 5.51. The van der Waals surface area contributed by atoms with Crippen molar-refractivity contribution in [2.45, 2.75) is 39.7 Å². The SMILES string of the molecule is CCN(C(=O)COc1cc(N)c(C)cc1C)C1CC1. The fraction of sp³-hybridized carbons (Fsp3) is 0.533. The van der Waals surface area contributed by atoms with Crippen LogP contribution in [0.4, 0.5) is 5.69 Å². The van der Waals surface area contributed by atoms with Crippen LogP contribution in [0, 0.1) is 13.8 Å². The molecule has 0 heterocycles. The quantitative estimate of drug-likeness (QED) is 0.828. The minimum atomic E-state index is 0.0588. The van der Waals surface area contributed by atoms with E-state index in [1.807, 2.05) is 31.7 Å². The highest BCUT2D eigenvalue weighted by molar-refractivity contribution is 5.78. The molecule has 0 saturated heterocycles. The molecule has 0 spiro atoms. The van der Waals surface area contributed by atoms with Gasteiger partial charge in [-0.05, 0) is 44.7 Å². The van der Waals surface area contributed by atoms with Crippen molar-refractivity contribution in [3.8, 4) is 5.75 Å². The third-order valence-corrected chi connectivity index (χ3v) is 3.56. The van der Waals surface area contributed by atoms with Gasteiger partial charge in [0, 0.05) is 24.3 Å². The molecular formula is C15H22N2O2. The largest absolute Gasteiger partial charge is 0.483 e. The molecule has 1 amide bonds. The van der Waals surface area contributed by atoms with Crippen LogP contribution in [-0.2, 0) is 4.79 Å². The Balaban J connectivity index is 1.98. The molecule has 1 aliphatic carbocycles. The lowest BCUT2D eigenvalue weighted by molar-refractivity contribution is -0.133. The Labute approximate surface area is 114 Å². The van der Waals surface area contributed by atoms with Gasteiger partial charge in [0.15, 0.2) is 6.61 Å². The number of carbonyl (C=O) groups is 1. The maximum Gasteiger partial charge on any atom is 0.260 e. The van der Waals surface area contributed by atoms with Gasteiger partial charge >= 0.3 is 0 Å². The number of aryl methyl sites for hydroxylation is 2. The zero-order chi connectivity index (χ0) is 14.0. The third-order valence-electron chi connectivity index (χ3n) is 3.56. The summed E-state index contributed by atoms with van der Waals surface area (Å²) in [6.07, 6.45) is 2.24. The Hall–Kier alpha value is -1.71. The van der Waals surface area contributed by atoms with E-state index in [4.69, 9.17) is 10.5 Å². The topological polar surface area (TPSA) is 55.6 Å². The van der Waals surface area contributed by atoms with Crippen molar-refractivity contribution in [3.05, 3.63) is 23.3 Å². The number of nitrogens with zero attached hydrogens (tertiary/aromatic N) is 1. The van der Waals surface area contributed by atoms with Gasteiger partial charge in [-0.15, -0.1) is 0 Å². The molecule has 1 aliphatic rings. The van der Waals surface area contributed by atoms with Crippen LogP contribution in [-0.4, -0.2) is 30.0 Å².